The number of hydrogen-bond acceptors (Lipinski definition) is 7. The number of ketones is 2. The van der Waals surface area contributed by atoms with Gasteiger partial charge < -0.3 is 4.42 Å². The summed E-state index contributed by atoms with van der Waals surface area (Å²) in [5.41, 5.74) is 2.49. The molecule has 0 unspecified atom stereocenters. The Morgan fingerprint density at radius 3 is 2.20 bits per heavy atom. The van der Waals surface area contributed by atoms with Gasteiger partial charge in [0.25, 0.3) is 0 Å². The molecule has 1 aliphatic carbocycles. The van der Waals surface area contributed by atoms with Crippen LogP contribution in [0.15, 0.2) is 76.9 Å². The Balaban J connectivity index is 1.53. The maximum absolute atomic E-state index is 13.2. The summed E-state index contributed by atoms with van der Waals surface area (Å²) in [4.78, 5) is 31.1. The van der Waals surface area contributed by atoms with Crippen LogP contribution in [0.4, 0.5) is 0 Å². The Kier molecular flexibility index (Phi) is 4.56. The molecule has 0 atom stereocenters. The molecule has 3 heterocycles. The maximum Gasteiger partial charge on any atom is 0.197 e. The number of nitriles is 2. The molecule has 6 rings (SSSR count). The van der Waals surface area contributed by atoms with E-state index < -0.39 is 11.6 Å². The number of Topliss-reactive ketones (excluding diaryl/α,β-unsaturated/α-hetero) is 2. The van der Waals surface area contributed by atoms with Crippen LogP contribution in [-0.2, 0) is 0 Å². The number of carbonyl (C=O) groups excluding carboxylic acids is 2. The highest BCUT2D eigenvalue weighted by atomic mass is 32.1. The first kappa shape index (κ1) is 20.5. The van der Waals surface area contributed by atoms with Gasteiger partial charge in [0, 0.05) is 16.8 Å². The highest BCUT2D eigenvalue weighted by molar-refractivity contribution is 7.21. The lowest BCUT2D eigenvalue weighted by Crippen LogP contribution is -2.03. The molecule has 2 aromatic carbocycles. The molecule has 5 aromatic rings. The van der Waals surface area contributed by atoms with E-state index in [1.165, 1.54) is 23.5 Å². The topological polar surface area (TPSA) is 113 Å². The lowest BCUT2D eigenvalue weighted by Gasteiger charge is -2.07. The van der Waals surface area contributed by atoms with Crippen LogP contribution in [0.25, 0.3) is 32.9 Å². The van der Waals surface area contributed by atoms with Crippen LogP contribution in [-0.4, -0.2) is 21.1 Å². The number of allylic oxidation sites excluding steroid dienone is 1. The van der Waals surface area contributed by atoms with Crippen molar-refractivity contribution >= 4 is 39.3 Å². The number of furan rings is 1. The second kappa shape index (κ2) is 7.77. The van der Waals surface area contributed by atoms with Crippen molar-refractivity contribution in [3.05, 3.63) is 100 Å². The fourth-order valence-corrected chi connectivity index (χ4v) is 5.16. The van der Waals surface area contributed by atoms with Crippen LogP contribution in [0.2, 0.25) is 0 Å². The van der Waals surface area contributed by atoms with Crippen LogP contribution in [0.1, 0.15) is 37.5 Å². The summed E-state index contributed by atoms with van der Waals surface area (Å²) in [6, 6.07) is 21.5. The lowest BCUT2D eigenvalue weighted by molar-refractivity contribution is 0.0990. The molecule has 0 amide bonds. The molecular formula is C27H12N4O3S. The molecule has 0 saturated heterocycles. The van der Waals surface area contributed by atoms with E-state index in [0.717, 1.165) is 15.4 Å². The molecule has 0 aliphatic heterocycles. The Morgan fingerprint density at radius 1 is 0.914 bits per heavy atom. The number of benzene rings is 2. The van der Waals surface area contributed by atoms with Gasteiger partial charge in [-0.3, -0.25) is 14.2 Å². The molecule has 3 aromatic heterocycles. The highest BCUT2D eigenvalue weighted by Crippen LogP contribution is 2.36. The van der Waals surface area contributed by atoms with Crippen molar-refractivity contribution in [1.82, 2.24) is 9.55 Å². The molecule has 35 heavy (non-hydrogen) atoms. The Morgan fingerprint density at radius 2 is 1.60 bits per heavy atom. The normalized spacial score (nSPS) is 12.6. The first-order valence-corrected chi connectivity index (χ1v) is 11.3. The fraction of sp³-hybridized carbons (Fsp3) is 0. The minimum Gasteiger partial charge on any atom is -0.462 e. The fourth-order valence-electron chi connectivity index (χ4n) is 4.19. The second-order valence-electron chi connectivity index (χ2n) is 7.81. The molecule has 0 spiro atoms. The number of fused-ring (bicyclic) bond motifs is 2. The van der Waals surface area contributed by atoms with Crippen LogP contribution in [0.3, 0.4) is 0 Å². The second-order valence-corrected chi connectivity index (χ2v) is 8.84. The van der Waals surface area contributed by atoms with Gasteiger partial charge in [0.2, 0.25) is 0 Å². The first-order chi connectivity index (χ1) is 17.1. The third-order valence-corrected chi connectivity index (χ3v) is 6.81. The average Bonchev–Trinajstić information content (AvgIpc) is 3.65. The molecule has 0 radical (unpaired) electrons. The molecule has 0 bridgehead atoms. The van der Waals surface area contributed by atoms with E-state index in [0.29, 0.717) is 17.1 Å². The van der Waals surface area contributed by atoms with Crippen molar-refractivity contribution in [2.75, 3.05) is 0 Å². The van der Waals surface area contributed by atoms with Gasteiger partial charge in [-0.25, -0.2) is 4.98 Å². The van der Waals surface area contributed by atoms with Crippen LogP contribution in [0.5, 0.6) is 0 Å². The largest absolute Gasteiger partial charge is 0.462 e. The predicted octanol–water partition coefficient (Wildman–Crippen LogP) is 5.55. The number of rotatable bonds is 3. The maximum atomic E-state index is 13.2. The monoisotopic (exact) mass is 472 g/mol. The van der Waals surface area contributed by atoms with E-state index >= 15 is 0 Å². The van der Waals surface area contributed by atoms with Crippen molar-refractivity contribution in [2.45, 2.75) is 0 Å². The van der Waals surface area contributed by atoms with Gasteiger partial charge in [0.1, 0.15) is 12.1 Å². The van der Waals surface area contributed by atoms with Crippen molar-refractivity contribution in [2.24, 2.45) is 0 Å². The summed E-state index contributed by atoms with van der Waals surface area (Å²) in [6.07, 6.45) is 3.14. The molecule has 1 aliphatic rings. The third kappa shape index (κ3) is 3.13. The summed E-state index contributed by atoms with van der Waals surface area (Å²) in [5.74, 6) is -0.289. The van der Waals surface area contributed by atoms with Crippen molar-refractivity contribution < 1.29 is 14.0 Å². The molecule has 0 fully saturated rings. The summed E-state index contributed by atoms with van der Waals surface area (Å²) in [5, 5.41) is 19.4. The molecule has 7 nitrogen and oxygen atoms in total. The number of carbonyl (C=O) groups is 2. The van der Waals surface area contributed by atoms with E-state index in [1.54, 1.807) is 18.4 Å². The van der Waals surface area contributed by atoms with Crippen LogP contribution >= 0.6 is 11.3 Å². The van der Waals surface area contributed by atoms with Crippen molar-refractivity contribution in [3.63, 3.8) is 0 Å². The zero-order valence-electron chi connectivity index (χ0n) is 17.9. The van der Waals surface area contributed by atoms with Gasteiger partial charge in [-0.05, 0) is 48.5 Å². The first-order valence-electron chi connectivity index (χ1n) is 10.5. The third-order valence-electron chi connectivity index (χ3n) is 5.80. The number of hydrogen-bond donors (Lipinski definition) is 0. The Hall–Kier alpha value is -5.05. The van der Waals surface area contributed by atoms with Gasteiger partial charge in [-0.15, -0.1) is 11.3 Å². The molecule has 8 heteroatoms. The summed E-state index contributed by atoms with van der Waals surface area (Å²) in [7, 11) is 0. The zero-order valence-corrected chi connectivity index (χ0v) is 18.7. The van der Waals surface area contributed by atoms with Gasteiger partial charge in [0.15, 0.2) is 28.0 Å². The number of nitrogens with zero attached hydrogens (tertiary/aromatic N) is 4. The Labute approximate surface area is 202 Å². The molecule has 164 valence electrons. The van der Waals surface area contributed by atoms with Gasteiger partial charge in [0.05, 0.1) is 33.4 Å². The van der Waals surface area contributed by atoms with E-state index in [9.17, 15) is 20.1 Å². The van der Waals surface area contributed by atoms with Gasteiger partial charge in [-0.2, -0.15) is 10.5 Å². The molecular weight excluding hydrogens is 460 g/mol. The SMILES string of the molecule is N#Cc1cc2c(cc1C#N)C(=O)C(=Cc1cc3sc(-c4ccco4)nc3n1-c1ccccc1)C2=O. The average molecular weight is 472 g/mol. The minimum absolute atomic E-state index is 0.0208. The van der Waals surface area contributed by atoms with E-state index in [4.69, 9.17) is 9.40 Å². The predicted molar refractivity (Wildman–Crippen MR) is 129 cm³/mol. The van der Waals surface area contributed by atoms with Gasteiger partial charge in [-0.1, -0.05) is 18.2 Å². The van der Waals surface area contributed by atoms with Crippen LogP contribution < -0.4 is 0 Å². The van der Waals surface area contributed by atoms with Crippen molar-refractivity contribution in [1.29, 1.82) is 10.5 Å². The number of thiazole rings is 1. The zero-order chi connectivity index (χ0) is 24.1. The number of aromatic nitrogens is 2. The molecule has 0 saturated carbocycles. The quantitative estimate of drug-likeness (QED) is 0.251. The lowest BCUT2D eigenvalue weighted by atomic mass is 10.0. The van der Waals surface area contributed by atoms with E-state index in [2.05, 4.69) is 0 Å². The van der Waals surface area contributed by atoms with E-state index in [1.807, 2.05) is 59.2 Å². The summed E-state index contributed by atoms with van der Waals surface area (Å²) in [6.45, 7) is 0. The summed E-state index contributed by atoms with van der Waals surface area (Å²) >= 11 is 1.44. The van der Waals surface area contributed by atoms with Crippen LogP contribution in [0, 0.1) is 22.7 Å². The highest BCUT2D eigenvalue weighted by Gasteiger charge is 2.35. The van der Waals surface area contributed by atoms with Crippen molar-refractivity contribution in [3.8, 4) is 28.6 Å². The summed E-state index contributed by atoms with van der Waals surface area (Å²) < 4.78 is 8.24. The van der Waals surface area contributed by atoms with E-state index in [-0.39, 0.29) is 27.8 Å². The smallest absolute Gasteiger partial charge is 0.197 e. The minimum atomic E-state index is -0.473. The van der Waals surface area contributed by atoms with Gasteiger partial charge >= 0.3 is 0 Å². The standard InChI is InChI=1S/C27H12N4O3S/c28-13-15-9-19-20(10-16(15)14-29)25(33)21(24(19)32)11-18-12-23-26(31(18)17-5-2-1-3-6-17)30-27(35-23)22-7-4-8-34-22/h1-12H. The number of para-hydroxylation sites is 1. The molecule has 0 N–H and O–H groups in total. The Bertz CT molecular complexity index is 1740.